The summed E-state index contributed by atoms with van der Waals surface area (Å²) in [5.74, 6) is -2.15. The zero-order valence-electron chi connectivity index (χ0n) is 12.3. The molecule has 2 aromatic rings. The van der Waals surface area contributed by atoms with Crippen molar-refractivity contribution >= 4 is 11.9 Å². The highest BCUT2D eigenvalue weighted by atomic mass is 16.5. The molecule has 0 amide bonds. The van der Waals surface area contributed by atoms with Crippen LogP contribution in [0.5, 0.6) is 5.75 Å². The van der Waals surface area contributed by atoms with E-state index in [1.54, 1.807) is 19.9 Å². The van der Waals surface area contributed by atoms with Crippen LogP contribution < -0.4 is 4.74 Å². The first-order valence-corrected chi connectivity index (χ1v) is 6.69. The number of benzene rings is 2. The Morgan fingerprint density at radius 3 is 2.14 bits per heavy atom. The Morgan fingerprint density at radius 2 is 1.59 bits per heavy atom. The third-order valence-electron chi connectivity index (χ3n) is 3.40. The van der Waals surface area contributed by atoms with E-state index in [0.717, 1.165) is 5.56 Å². The first kappa shape index (κ1) is 15.6. The lowest BCUT2D eigenvalue weighted by molar-refractivity contribution is 0.0649. The van der Waals surface area contributed by atoms with E-state index in [0.29, 0.717) is 16.9 Å². The summed E-state index contributed by atoms with van der Waals surface area (Å²) in [6.07, 6.45) is 0. The molecule has 0 fully saturated rings. The molecule has 2 rings (SSSR count). The van der Waals surface area contributed by atoms with Crippen molar-refractivity contribution in [2.24, 2.45) is 0 Å². The van der Waals surface area contributed by atoms with Crippen molar-refractivity contribution < 1.29 is 24.5 Å². The van der Waals surface area contributed by atoms with Gasteiger partial charge in [-0.25, -0.2) is 9.59 Å². The van der Waals surface area contributed by atoms with Gasteiger partial charge in [0.15, 0.2) is 0 Å². The Labute approximate surface area is 127 Å². The van der Waals surface area contributed by atoms with Gasteiger partial charge in [-0.1, -0.05) is 30.3 Å². The largest absolute Gasteiger partial charge is 0.489 e. The maximum absolute atomic E-state index is 11.4. The minimum Gasteiger partial charge on any atom is -0.489 e. The van der Waals surface area contributed by atoms with Crippen molar-refractivity contribution in [3.63, 3.8) is 0 Å². The van der Waals surface area contributed by atoms with Crippen molar-refractivity contribution in [2.75, 3.05) is 0 Å². The van der Waals surface area contributed by atoms with Crippen molar-refractivity contribution in [3.05, 3.63) is 64.2 Å². The van der Waals surface area contributed by atoms with Crippen LogP contribution in [0.2, 0.25) is 0 Å². The summed E-state index contributed by atoms with van der Waals surface area (Å²) in [5, 5.41) is 18.5. The molecule has 0 atom stereocenters. The Morgan fingerprint density at radius 1 is 1.00 bits per heavy atom. The molecule has 0 spiro atoms. The molecular formula is C17H16O5. The Hall–Kier alpha value is -2.82. The van der Waals surface area contributed by atoms with Crippen molar-refractivity contribution in [2.45, 2.75) is 20.5 Å². The highest BCUT2D eigenvalue weighted by molar-refractivity contribution is 6.04. The Bertz CT molecular complexity index is 720. The highest BCUT2D eigenvalue weighted by Crippen LogP contribution is 2.29. The second-order valence-corrected chi connectivity index (χ2v) is 4.95. The van der Waals surface area contributed by atoms with E-state index in [4.69, 9.17) is 4.74 Å². The molecule has 0 saturated heterocycles. The topological polar surface area (TPSA) is 83.8 Å². The average Bonchev–Trinajstić information content (AvgIpc) is 2.47. The van der Waals surface area contributed by atoms with Gasteiger partial charge in [0, 0.05) is 5.56 Å². The standard InChI is InChI=1S/C17H16O5/c1-10-8-13(22-9-12-6-4-3-5-7-12)11(2)15(17(20)21)14(10)16(18)19/h3-8H,9H2,1-2H3,(H,18,19)(H,20,21). The van der Waals surface area contributed by atoms with Gasteiger partial charge in [0.1, 0.15) is 12.4 Å². The predicted octanol–water partition coefficient (Wildman–Crippen LogP) is 3.28. The van der Waals surface area contributed by atoms with Gasteiger partial charge in [-0.15, -0.1) is 0 Å². The number of carbonyl (C=O) groups is 2. The number of carboxylic acid groups (broad SMARTS) is 2. The summed E-state index contributed by atoms with van der Waals surface area (Å²) in [5.41, 5.74) is 1.19. The normalized spacial score (nSPS) is 10.3. The number of hydrogen-bond donors (Lipinski definition) is 2. The van der Waals surface area contributed by atoms with Gasteiger partial charge < -0.3 is 14.9 Å². The van der Waals surface area contributed by atoms with E-state index >= 15 is 0 Å². The van der Waals surface area contributed by atoms with Crippen LogP contribution in [-0.2, 0) is 6.61 Å². The summed E-state index contributed by atoms with van der Waals surface area (Å²) in [6.45, 7) is 3.40. The third-order valence-corrected chi connectivity index (χ3v) is 3.40. The van der Waals surface area contributed by atoms with Crippen LogP contribution in [0, 0.1) is 13.8 Å². The second-order valence-electron chi connectivity index (χ2n) is 4.95. The van der Waals surface area contributed by atoms with Crippen LogP contribution in [0.25, 0.3) is 0 Å². The van der Waals surface area contributed by atoms with E-state index < -0.39 is 11.9 Å². The third kappa shape index (κ3) is 3.09. The molecule has 0 bridgehead atoms. The smallest absolute Gasteiger partial charge is 0.336 e. The van der Waals surface area contributed by atoms with Crippen molar-refractivity contribution in [3.8, 4) is 5.75 Å². The number of carboxylic acids is 2. The molecule has 2 N–H and O–H groups in total. The van der Waals surface area contributed by atoms with Crippen LogP contribution >= 0.6 is 0 Å². The average molecular weight is 300 g/mol. The molecule has 114 valence electrons. The molecule has 5 heteroatoms. The number of hydrogen-bond acceptors (Lipinski definition) is 3. The maximum Gasteiger partial charge on any atom is 0.336 e. The Balaban J connectivity index is 2.41. The highest BCUT2D eigenvalue weighted by Gasteiger charge is 2.24. The summed E-state index contributed by atoms with van der Waals surface area (Å²) in [7, 11) is 0. The molecule has 0 aromatic heterocycles. The van der Waals surface area contributed by atoms with Gasteiger partial charge in [0.05, 0.1) is 11.1 Å². The molecule has 22 heavy (non-hydrogen) atoms. The van der Waals surface area contributed by atoms with Crippen molar-refractivity contribution in [1.29, 1.82) is 0 Å². The molecule has 0 aliphatic rings. The fourth-order valence-corrected chi connectivity index (χ4v) is 2.31. The van der Waals surface area contributed by atoms with Gasteiger partial charge >= 0.3 is 11.9 Å². The van der Waals surface area contributed by atoms with Gasteiger partial charge in [-0.3, -0.25) is 0 Å². The van der Waals surface area contributed by atoms with Crippen LogP contribution in [0.4, 0.5) is 0 Å². The number of rotatable bonds is 5. The van der Waals surface area contributed by atoms with E-state index in [9.17, 15) is 19.8 Å². The minimum atomic E-state index is -1.27. The van der Waals surface area contributed by atoms with Crippen molar-refractivity contribution in [1.82, 2.24) is 0 Å². The first-order valence-electron chi connectivity index (χ1n) is 6.69. The minimum absolute atomic E-state index is 0.197. The quantitative estimate of drug-likeness (QED) is 0.885. The lowest BCUT2D eigenvalue weighted by Gasteiger charge is -2.15. The van der Waals surface area contributed by atoms with E-state index in [1.165, 1.54) is 0 Å². The number of aromatic carboxylic acids is 2. The van der Waals surface area contributed by atoms with E-state index in [-0.39, 0.29) is 17.7 Å². The molecule has 0 aliphatic carbocycles. The predicted molar refractivity (Wildman–Crippen MR) is 80.6 cm³/mol. The molecule has 2 aromatic carbocycles. The van der Waals surface area contributed by atoms with Gasteiger partial charge in [0.25, 0.3) is 0 Å². The van der Waals surface area contributed by atoms with E-state index in [2.05, 4.69) is 0 Å². The lowest BCUT2D eigenvalue weighted by atomic mass is 9.96. The first-order chi connectivity index (χ1) is 10.4. The summed E-state index contributed by atoms with van der Waals surface area (Å²) in [4.78, 5) is 22.7. The summed E-state index contributed by atoms with van der Waals surface area (Å²) < 4.78 is 5.67. The van der Waals surface area contributed by atoms with Gasteiger partial charge in [0.2, 0.25) is 0 Å². The lowest BCUT2D eigenvalue weighted by Crippen LogP contribution is -2.13. The van der Waals surface area contributed by atoms with Crippen LogP contribution in [0.3, 0.4) is 0 Å². The number of aryl methyl sites for hydroxylation is 1. The zero-order valence-corrected chi connectivity index (χ0v) is 12.3. The molecule has 0 aliphatic heterocycles. The molecule has 0 saturated carbocycles. The fourth-order valence-electron chi connectivity index (χ4n) is 2.31. The summed E-state index contributed by atoms with van der Waals surface area (Å²) in [6, 6.07) is 11.0. The summed E-state index contributed by atoms with van der Waals surface area (Å²) >= 11 is 0. The van der Waals surface area contributed by atoms with Gasteiger partial charge in [-0.2, -0.15) is 0 Å². The van der Waals surface area contributed by atoms with E-state index in [1.807, 2.05) is 30.3 Å². The van der Waals surface area contributed by atoms with Crippen LogP contribution in [0.1, 0.15) is 37.4 Å². The molecule has 0 radical (unpaired) electrons. The SMILES string of the molecule is Cc1cc(OCc2ccccc2)c(C)c(C(=O)O)c1C(=O)O. The molecular weight excluding hydrogens is 284 g/mol. The van der Waals surface area contributed by atoms with Crippen LogP contribution in [0.15, 0.2) is 36.4 Å². The zero-order chi connectivity index (χ0) is 16.3. The monoisotopic (exact) mass is 300 g/mol. The number of ether oxygens (including phenoxy) is 1. The molecule has 5 nitrogen and oxygen atoms in total. The second kappa shape index (κ2) is 6.30. The fraction of sp³-hybridized carbons (Fsp3) is 0.176. The molecule has 0 heterocycles. The van der Waals surface area contributed by atoms with Crippen LogP contribution in [-0.4, -0.2) is 22.2 Å². The Kier molecular flexibility index (Phi) is 4.46. The van der Waals surface area contributed by atoms with Gasteiger partial charge in [-0.05, 0) is 31.0 Å². The maximum atomic E-state index is 11.4. The molecule has 0 unspecified atom stereocenters.